The molecule has 8 nitrogen and oxygen atoms in total. The second-order valence-corrected chi connectivity index (χ2v) is 10.4. The third-order valence-electron chi connectivity index (χ3n) is 7.28. The molecule has 0 aliphatic carbocycles. The van der Waals surface area contributed by atoms with Gasteiger partial charge >= 0.3 is 5.97 Å². The number of aromatic nitrogens is 2. The first kappa shape index (κ1) is 25.7. The Bertz CT molecular complexity index is 1040. The van der Waals surface area contributed by atoms with Crippen LogP contribution >= 0.6 is 11.8 Å². The van der Waals surface area contributed by atoms with Crippen molar-refractivity contribution in [1.82, 2.24) is 14.9 Å². The molecule has 1 saturated heterocycles. The third kappa shape index (κ3) is 5.42. The van der Waals surface area contributed by atoms with Gasteiger partial charge in [0.15, 0.2) is 5.82 Å². The van der Waals surface area contributed by atoms with E-state index in [1.165, 1.54) is 0 Å². The van der Waals surface area contributed by atoms with E-state index in [-0.39, 0.29) is 17.5 Å². The number of ether oxygens (including phenoxy) is 3. The van der Waals surface area contributed by atoms with Crippen LogP contribution in [0.4, 0.5) is 11.5 Å². The van der Waals surface area contributed by atoms with Crippen LogP contribution in [0.1, 0.15) is 52.0 Å². The van der Waals surface area contributed by atoms with Gasteiger partial charge in [-0.15, -0.1) is 0 Å². The van der Waals surface area contributed by atoms with Crippen molar-refractivity contribution in [3.8, 4) is 5.75 Å². The first-order chi connectivity index (χ1) is 16.9. The molecule has 0 atom stereocenters. The molecule has 2 aliphatic heterocycles. The number of hydrogen-bond donors (Lipinski definition) is 0. The van der Waals surface area contributed by atoms with Crippen LogP contribution in [-0.2, 0) is 20.8 Å². The van der Waals surface area contributed by atoms with Gasteiger partial charge < -0.3 is 14.2 Å². The zero-order valence-corrected chi connectivity index (χ0v) is 22.2. The summed E-state index contributed by atoms with van der Waals surface area (Å²) in [7, 11) is 3.39. The lowest BCUT2D eigenvalue weighted by Gasteiger charge is -2.35. The predicted molar refractivity (Wildman–Crippen MR) is 136 cm³/mol. The van der Waals surface area contributed by atoms with Crippen LogP contribution in [0.3, 0.4) is 0 Å². The van der Waals surface area contributed by atoms with Gasteiger partial charge in [0.2, 0.25) is 0 Å². The molecule has 2 aliphatic rings. The van der Waals surface area contributed by atoms with Crippen LogP contribution in [0.15, 0.2) is 34.4 Å². The van der Waals surface area contributed by atoms with Gasteiger partial charge in [0.05, 0.1) is 18.2 Å². The molecule has 2 aromatic rings. The molecular weight excluding hydrogens is 464 g/mol. The maximum absolute atomic E-state index is 12.7. The predicted octanol–water partition coefficient (Wildman–Crippen LogP) is 5.03. The Morgan fingerprint density at radius 2 is 1.86 bits per heavy atom. The fraction of sp³-hybridized carbons (Fsp3) is 0.577. The van der Waals surface area contributed by atoms with Crippen molar-refractivity contribution in [1.29, 1.82) is 0 Å². The highest BCUT2D eigenvalue weighted by atomic mass is 32.2. The smallest absolute Gasteiger partial charge is 0.312 e. The van der Waals surface area contributed by atoms with Crippen molar-refractivity contribution in [2.75, 3.05) is 38.9 Å². The first-order valence-corrected chi connectivity index (χ1v) is 13.1. The zero-order chi connectivity index (χ0) is 25.0. The second kappa shape index (κ2) is 11.1. The Balaban J connectivity index is 1.46. The van der Waals surface area contributed by atoms with Crippen LogP contribution in [0.2, 0.25) is 0 Å². The van der Waals surface area contributed by atoms with Crippen LogP contribution in [0.5, 0.6) is 5.75 Å². The topological polar surface area (TPSA) is 77.0 Å². The number of fused-ring (bicyclic) bond motifs is 2. The maximum atomic E-state index is 12.7. The summed E-state index contributed by atoms with van der Waals surface area (Å²) >= 11 is 1.59. The number of hydrogen-bond acceptors (Lipinski definition) is 9. The lowest BCUT2D eigenvalue weighted by atomic mass is 9.85. The van der Waals surface area contributed by atoms with Gasteiger partial charge in [-0.25, -0.2) is 9.97 Å². The fourth-order valence-corrected chi connectivity index (χ4v) is 5.53. The van der Waals surface area contributed by atoms with Crippen LogP contribution in [-0.4, -0.2) is 61.0 Å². The molecule has 0 saturated carbocycles. The lowest BCUT2D eigenvalue weighted by Crippen LogP contribution is -2.40. The van der Waals surface area contributed by atoms with E-state index in [1.54, 1.807) is 38.4 Å². The molecule has 1 aromatic carbocycles. The number of carbonyl (C=O) groups excluding carboxylic acids is 1. The molecule has 9 heteroatoms. The number of benzene rings is 1. The number of methoxy groups -OCH3 is 2. The largest absolute Gasteiger partial charge is 0.496 e. The first-order valence-electron chi connectivity index (χ1n) is 12.3. The summed E-state index contributed by atoms with van der Waals surface area (Å²) in [5, 5.41) is 0.853. The monoisotopic (exact) mass is 500 g/mol. The fourth-order valence-electron chi connectivity index (χ4n) is 4.51. The molecule has 3 heterocycles. The van der Waals surface area contributed by atoms with Gasteiger partial charge in [-0.05, 0) is 44.7 Å². The van der Waals surface area contributed by atoms with Crippen molar-refractivity contribution < 1.29 is 19.0 Å². The third-order valence-corrected chi connectivity index (χ3v) is 8.30. The van der Waals surface area contributed by atoms with Gasteiger partial charge in [-0.2, -0.15) is 0 Å². The van der Waals surface area contributed by atoms with Crippen LogP contribution in [0.25, 0.3) is 0 Å². The van der Waals surface area contributed by atoms with E-state index < -0.39 is 0 Å². The van der Waals surface area contributed by atoms with Gasteiger partial charge in [0, 0.05) is 49.6 Å². The average molecular weight is 501 g/mol. The number of rotatable bonds is 9. The molecule has 190 valence electrons. The van der Waals surface area contributed by atoms with Gasteiger partial charge in [0.1, 0.15) is 23.6 Å². The average Bonchev–Trinajstić information content (AvgIpc) is 2.89. The van der Waals surface area contributed by atoms with Gasteiger partial charge in [-0.1, -0.05) is 25.6 Å². The lowest BCUT2D eigenvalue weighted by molar-refractivity contribution is -0.163. The second-order valence-electron chi connectivity index (χ2n) is 9.41. The number of carbonyl (C=O) groups is 1. The molecule has 1 aromatic heterocycles. The Kier molecular flexibility index (Phi) is 8.19. The molecular formula is C26H36N4O4S. The summed E-state index contributed by atoms with van der Waals surface area (Å²) in [6, 6.07) is 4.26. The standard InChI is InChI=1S/C26H36N4O4S/c1-6-26(3,7-2)25(31)34-19-8-12-29(13-9-19)16-18-14-20-22(15-21(18)33-5)35-24-23(27-10-11-28-24)30(20)17-32-4/h10-11,14-15,19H,6-9,12-13,16-17H2,1-5H3. The minimum absolute atomic E-state index is 0.00901. The normalized spacial score (nSPS) is 16.5. The molecule has 4 rings (SSSR count). The molecule has 0 radical (unpaired) electrons. The summed E-state index contributed by atoms with van der Waals surface area (Å²) in [5.74, 6) is 1.60. The van der Waals surface area contributed by atoms with E-state index in [4.69, 9.17) is 14.2 Å². The summed E-state index contributed by atoms with van der Waals surface area (Å²) < 4.78 is 17.2. The zero-order valence-electron chi connectivity index (χ0n) is 21.4. The molecule has 0 amide bonds. The summed E-state index contributed by atoms with van der Waals surface area (Å²) in [6.07, 6.45) is 6.69. The molecule has 0 N–H and O–H groups in total. The maximum Gasteiger partial charge on any atom is 0.312 e. The van der Waals surface area contributed by atoms with E-state index in [0.29, 0.717) is 6.73 Å². The summed E-state index contributed by atoms with van der Waals surface area (Å²) in [5.41, 5.74) is 1.77. The highest BCUT2D eigenvalue weighted by Gasteiger charge is 2.34. The molecule has 0 bridgehead atoms. The minimum Gasteiger partial charge on any atom is -0.496 e. The van der Waals surface area contributed by atoms with Crippen LogP contribution < -0.4 is 9.64 Å². The minimum atomic E-state index is -0.386. The Labute approximate surface area is 212 Å². The van der Waals surface area contributed by atoms with Crippen molar-refractivity contribution >= 4 is 29.2 Å². The molecule has 1 fully saturated rings. The molecule has 35 heavy (non-hydrogen) atoms. The number of anilines is 2. The summed E-state index contributed by atoms with van der Waals surface area (Å²) in [4.78, 5) is 27.2. The number of likely N-dealkylation sites (tertiary alicyclic amines) is 1. The molecule has 0 spiro atoms. The Morgan fingerprint density at radius 1 is 1.14 bits per heavy atom. The van der Waals surface area contributed by atoms with Crippen molar-refractivity contribution in [2.24, 2.45) is 5.41 Å². The Morgan fingerprint density at radius 3 is 2.51 bits per heavy atom. The number of piperidine rings is 1. The van der Waals surface area contributed by atoms with Gasteiger partial charge in [-0.3, -0.25) is 14.6 Å². The summed E-state index contributed by atoms with van der Waals surface area (Å²) in [6.45, 7) is 9.00. The van der Waals surface area contributed by atoms with E-state index >= 15 is 0 Å². The van der Waals surface area contributed by atoms with Crippen LogP contribution in [0, 0.1) is 5.41 Å². The van der Waals surface area contributed by atoms with E-state index in [9.17, 15) is 4.79 Å². The van der Waals surface area contributed by atoms with E-state index in [1.807, 2.05) is 6.92 Å². The van der Waals surface area contributed by atoms with Crippen molar-refractivity contribution in [3.05, 3.63) is 30.1 Å². The highest BCUT2D eigenvalue weighted by molar-refractivity contribution is 7.99. The molecule has 0 unspecified atom stereocenters. The number of esters is 1. The van der Waals surface area contributed by atoms with E-state index in [0.717, 1.165) is 78.1 Å². The quantitative estimate of drug-likeness (QED) is 0.441. The van der Waals surface area contributed by atoms with Crippen molar-refractivity contribution in [3.63, 3.8) is 0 Å². The SMILES string of the molecule is CCC(C)(CC)C(=O)OC1CCN(Cc2cc3c(cc2OC)Sc2nccnc2N3COC)CC1. The van der Waals surface area contributed by atoms with Gasteiger partial charge in [0.25, 0.3) is 0 Å². The van der Waals surface area contributed by atoms with Crippen molar-refractivity contribution in [2.45, 2.75) is 69.0 Å². The number of nitrogens with zero attached hydrogens (tertiary/aromatic N) is 4. The van der Waals surface area contributed by atoms with E-state index in [2.05, 4.69) is 45.7 Å². The highest BCUT2D eigenvalue weighted by Crippen LogP contribution is 2.48. The Hall–Kier alpha value is -2.36.